The molecule has 2 heterocycles. The van der Waals surface area contributed by atoms with Crippen LogP contribution in [0.4, 0.5) is 0 Å². The molecule has 0 radical (unpaired) electrons. The van der Waals surface area contributed by atoms with Crippen LogP contribution >= 0.6 is 0 Å². The summed E-state index contributed by atoms with van der Waals surface area (Å²) in [6, 6.07) is 19.7. The molecule has 0 amide bonds. The SMILES string of the molecule is CCCc1nc2c(C)cc(-c3nc(C(C)C)c(C)[nH]3)cc2n1Cc1ccc(-c2ccccc2C(=O)O)cc1. The van der Waals surface area contributed by atoms with Crippen molar-refractivity contribution in [1.29, 1.82) is 0 Å². The van der Waals surface area contributed by atoms with Crippen LogP contribution in [0.3, 0.4) is 0 Å². The summed E-state index contributed by atoms with van der Waals surface area (Å²) in [6.45, 7) is 11.4. The summed E-state index contributed by atoms with van der Waals surface area (Å²) in [5.74, 6) is 1.40. The second-order valence-corrected chi connectivity index (χ2v) is 10.3. The number of benzene rings is 3. The molecule has 0 aliphatic rings. The molecule has 0 aliphatic heterocycles. The third-order valence-corrected chi connectivity index (χ3v) is 7.10. The first-order valence-corrected chi connectivity index (χ1v) is 13.2. The molecule has 0 saturated carbocycles. The normalized spacial score (nSPS) is 11.5. The Kier molecular flexibility index (Phi) is 6.89. The van der Waals surface area contributed by atoms with E-state index in [1.165, 1.54) is 0 Å². The number of aryl methyl sites for hydroxylation is 3. The predicted octanol–water partition coefficient (Wildman–Crippen LogP) is 7.53. The van der Waals surface area contributed by atoms with Crippen LogP contribution in [0.1, 0.15) is 71.8 Å². The maximum absolute atomic E-state index is 11.7. The summed E-state index contributed by atoms with van der Waals surface area (Å²) in [4.78, 5) is 25.1. The minimum absolute atomic E-state index is 0.308. The van der Waals surface area contributed by atoms with Gasteiger partial charge in [-0.2, -0.15) is 0 Å². The van der Waals surface area contributed by atoms with Gasteiger partial charge in [0.1, 0.15) is 11.6 Å². The number of hydrogen-bond donors (Lipinski definition) is 2. The highest BCUT2D eigenvalue weighted by Crippen LogP contribution is 2.30. The lowest BCUT2D eigenvalue weighted by Crippen LogP contribution is -2.05. The van der Waals surface area contributed by atoms with E-state index < -0.39 is 5.97 Å². The van der Waals surface area contributed by atoms with E-state index in [0.29, 0.717) is 18.0 Å². The Labute approximate surface area is 223 Å². The van der Waals surface area contributed by atoms with Crippen LogP contribution in [0, 0.1) is 13.8 Å². The number of fused-ring (bicyclic) bond motifs is 1. The topological polar surface area (TPSA) is 83.8 Å². The molecule has 38 heavy (non-hydrogen) atoms. The molecule has 0 saturated heterocycles. The lowest BCUT2D eigenvalue weighted by Gasteiger charge is -2.12. The quantitative estimate of drug-likeness (QED) is 0.228. The number of carboxylic acid groups (broad SMARTS) is 1. The Hall–Kier alpha value is -4.19. The third kappa shape index (κ3) is 4.74. The van der Waals surface area contributed by atoms with Crippen molar-refractivity contribution in [3.63, 3.8) is 0 Å². The number of hydrogen-bond acceptors (Lipinski definition) is 3. The number of aromatic amines is 1. The zero-order valence-electron chi connectivity index (χ0n) is 22.7. The van der Waals surface area contributed by atoms with Gasteiger partial charge in [0.2, 0.25) is 0 Å². The van der Waals surface area contributed by atoms with E-state index in [9.17, 15) is 9.90 Å². The van der Waals surface area contributed by atoms with Crippen molar-refractivity contribution >= 4 is 17.0 Å². The molecule has 2 N–H and O–H groups in total. The van der Waals surface area contributed by atoms with Crippen molar-refractivity contribution in [2.24, 2.45) is 0 Å². The number of rotatable bonds is 8. The van der Waals surface area contributed by atoms with E-state index in [4.69, 9.17) is 9.97 Å². The average Bonchev–Trinajstić information content (AvgIpc) is 3.46. The Morgan fingerprint density at radius 1 is 1.00 bits per heavy atom. The molecule has 2 aromatic heterocycles. The fourth-order valence-electron chi connectivity index (χ4n) is 5.23. The second kappa shape index (κ2) is 10.3. The maximum Gasteiger partial charge on any atom is 0.336 e. The van der Waals surface area contributed by atoms with E-state index in [1.54, 1.807) is 12.1 Å². The van der Waals surface area contributed by atoms with Crippen molar-refractivity contribution in [2.45, 2.75) is 59.9 Å². The minimum atomic E-state index is -0.919. The first-order valence-electron chi connectivity index (χ1n) is 13.2. The van der Waals surface area contributed by atoms with Gasteiger partial charge in [-0.3, -0.25) is 0 Å². The number of aromatic carboxylic acids is 1. The molecular weight excluding hydrogens is 472 g/mol. The van der Waals surface area contributed by atoms with Crippen molar-refractivity contribution < 1.29 is 9.90 Å². The van der Waals surface area contributed by atoms with Gasteiger partial charge in [-0.05, 0) is 66.6 Å². The van der Waals surface area contributed by atoms with Gasteiger partial charge in [0.15, 0.2) is 0 Å². The van der Waals surface area contributed by atoms with Gasteiger partial charge >= 0.3 is 5.97 Å². The van der Waals surface area contributed by atoms with Crippen molar-refractivity contribution in [3.05, 3.63) is 94.6 Å². The predicted molar refractivity (Wildman–Crippen MR) is 153 cm³/mol. The van der Waals surface area contributed by atoms with E-state index in [1.807, 2.05) is 24.3 Å². The average molecular weight is 507 g/mol. The minimum Gasteiger partial charge on any atom is -0.478 e. The maximum atomic E-state index is 11.7. The first kappa shape index (κ1) is 25.5. The van der Waals surface area contributed by atoms with Gasteiger partial charge in [0, 0.05) is 24.2 Å². The van der Waals surface area contributed by atoms with Crippen LogP contribution in [-0.4, -0.2) is 30.6 Å². The van der Waals surface area contributed by atoms with Crippen LogP contribution in [-0.2, 0) is 13.0 Å². The van der Waals surface area contributed by atoms with Gasteiger partial charge in [-0.15, -0.1) is 0 Å². The molecule has 194 valence electrons. The smallest absolute Gasteiger partial charge is 0.336 e. The highest BCUT2D eigenvalue weighted by Gasteiger charge is 2.18. The Morgan fingerprint density at radius 2 is 1.74 bits per heavy atom. The van der Waals surface area contributed by atoms with Gasteiger partial charge < -0.3 is 14.7 Å². The number of nitrogens with zero attached hydrogens (tertiary/aromatic N) is 3. The number of imidazole rings is 2. The Bertz CT molecular complexity index is 1620. The van der Waals surface area contributed by atoms with Crippen LogP contribution in [0.5, 0.6) is 0 Å². The summed E-state index contributed by atoms with van der Waals surface area (Å²) in [6.07, 6.45) is 1.90. The molecule has 0 fully saturated rings. The van der Waals surface area contributed by atoms with Gasteiger partial charge in [0.25, 0.3) is 0 Å². The highest BCUT2D eigenvalue weighted by molar-refractivity contribution is 5.96. The summed E-state index contributed by atoms with van der Waals surface area (Å²) in [5, 5.41) is 9.59. The number of nitrogens with one attached hydrogen (secondary N) is 1. The Balaban J connectivity index is 1.55. The standard InChI is InChI=1S/C32H34N4O2/c1-6-9-28-34-30-20(4)16-24(31-33-21(5)29(35-31)19(2)3)17-27(30)36(28)18-22-12-14-23(15-13-22)25-10-7-8-11-26(25)32(37)38/h7-8,10-17,19H,6,9,18H2,1-5H3,(H,33,35)(H,37,38). The molecule has 0 atom stereocenters. The van der Waals surface area contributed by atoms with Crippen molar-refractivity contribution in [2.75, 3.05) is 0 Å². The largest absolute Gasteiger partial charge is 0.478 e. The summed E-state index contributed by atoms with van der Waals surface area (Å²) >= 11 is 0. The van der Waals surface area contributed by atoms with Crippen LogP contribution < -0.4 is 0 Å². The molecular formula is C32H34N4O2. The third-order valence-electron chi connectivity index (χ3n) is 7.10. The van der Waals surface area contributed by atoms with Crippen LogP contribution in [0.25, 0.3) is 33.5 Å². The molecule has 0 unspecified atom stereocenters. The van der Waals surface area contributed by atoms with Gasteiger partial charge in [-0.25, -0.2) is 14.8 Å². The summed E-state index contributed by atoms with van der Waals surface area (Å²) in [5.41, 5.74) is 9.59. The number of H-pyrrole nitrogens is 1. The second-order valence-electron chi connectivity index (χ2n) is 10.3. The van der Waals surface area contributed by atoms with Crippen molar-refractivity contribution in [1.82, 2.24) is 19.5 Å². The zero-order valence-corrected chi connectivity index (χ0v) is 22.7. The fraction of sp³-hybridized carbons (Fsp3) is 0.281. The number of carbonyl (C=O) groups is 1. The molecule has 5 aromatic rings. The monoisotopic (exact) mass is 506 g/mol. The van der Waals surface area contributed by atoms with Gasteiger partial charge in [0.05, 0.1) is 22.3 Å². The van der Waals surface area contributed by atoms with Crippen LogP contribution in [0.2, 0.25) is 0 Å². The number of aromatic nitrogens is 4. The molecule has 5 rings (SSSR count). The van der Waals surface area contributed by atoms with Gasteiger partial charge in [-0.1, -0.05) is 63.2 Å². The van der Waals surface area contributed by atoms with Crippen LogP contribution in [0.15, 0.2) is 60.7 Å². The molecule has 6 nitrogen and oxygen atoms in total. The Morgan fingerprint density at radius 3 is 2.39 bits per heavy atom. The van der Waals surface area contributed by atoms with E-state index >= 15 is 0 Å². The summed E-state index contributed by atoms with van der Waals surface area (Å²) < 4.78 is 2.31. The van der Waals surface area contributed by atoms with E-state index in [2.05, 4.69) is 68.4 Å². The molecule has 0 aliphatic carbocycles. The highest BCUT2D eigenvalue weighted by atomic mass is 16.4. The van der Waals surface area contributed by atoms with E-state index in [-0.39, 0.29) is 0 Å². The molecule has 0 spiro atoms. The van der Waals surface area contributed by atoms with Crippen molar-refractivity contribution in [3.8, 4) is 22.5 Å². The fourth-order valence-corrected chi connectivity index (χ4v) is 5.23. The molecule has 6 heteroatoms. The lowest BCUT2D eigenvalue weighted by molar-refractivity contribution is 0.0697. The lowest BCUT2D eigenvalue weighted by atomic mass is 9.98. The first-order chi connectivity index (χ1) is 18.3. The van der Waals surface area contributed by atoms with E-state index in [0.717, 1.165) is 74.7 Å². The number of carboxylic acids is 1. The summed E-state index contributed by atoms with van der Waals surface area (Å²) in [7, 11) is 0. The molecule has 3 aromatic carbocycles. The zero-order chi connectivity index (χ0) is 27.0. The molecule has 0 bridgehead atoms.